The second-order valence-electron chi connectivity index (χ2n) is 4.37. The Morgan fingerprint density at radius 1 is 1.50 bits per heavy atom. The minimum Gasteiger partial charge on any atom is -0.346 e. The molecule has 0 amide bonds. The largest absolute Gasteiger partial charge is 0.346 e. The second kappa shape index (κ2) is 3.38. The van der Waals surface area contributed by atoms with E-state index in [1.807, 2.05) is 0 Å². The topological polar surface area (TPSA) is 75.2 Å². The van der Waals surface area contributed by atoms with E-state index in [1.54, 1.807) is 5.51 Å². The summed E-state index contributed by atoms with van der Waals surface area (Å²) in [5.41, 5.74) is 1.71. The van der Waals surface area contributed by atoms with Gasteiger partial charge in [-0.15, -0.1) is 10.2 Å². The Hall–Kier alpha value is -0.730. The summed E-state index contributed by atoms with van der Waals surface area (Å²) in [4.78, 5) is 2.17. The smallest absolute Gasteiger partial charge is 0.208 e. The molecule has 1 N–H and O–H groups in total. The van der Waals surface area contributed by atoms with Gasteiger partial charge in [-0.05, 0) is 11.8 Å². The highest BCUT2D eigenvalue weighted by Crippen LogP contribution is 2.47. The van der Waals surface area contributed by atoms with Crippen LogP contribution in [0.5, 0.6) is 0 Å². The van der Waals surface area contributed by atoms with E-state index in [2.05, 4.69) is 19.8 Å². The molecule has 1 unspecified atom stereocenters. The third-order valence-corrected chi connectivity index (χ3v) is 4.61. The van der Waals surface area contributed by atoms with Crippen LogP contribution >= 0.6 is 11.3 Å². The molecule has 88 valence electrons. The van der Waals surface area contributed by atoms with E-state index >= 15 is 0 Å². The number of rotatable bonds is 3. The van der Waals surface area contributed by atoms with Crippen molar-refractivity contribution < 1.29 is 8.42 Å². The van der Waals surface area contributed by atoms with Gasteiger partial charge in [-0.3, -0.25) is 0 Å². The molecule has 1 aromatic heterocycles. The molecule has 1 aliphatic heterocycles. The zero-order valence-corrected chi connectivity index (χ0v) is 10.3. The van der Waals surface area contributed by atoms with E-state index in [9.17, 15) is 8.42 Å². The first-order valence-corrected chi connectivity index (χ1v) is 7.80. The molecule has 8 heteroatoms. The van der Waals surface area contributed by atoms with Crippen molar-refractivity contribution in [2.45, 2.75) is 6.04 Å². The standard InChI is InChI=1S/C8H12N4O2S2/c1-16(13,14)11-7-5-2-12(3-6(5)7)8-10-9-4-15-8/h4-7,11H,2-3H2,1H3/t5-,6+,7?. The maximum Gasteiger partial charge on any atom is 0.208 e. The monoisotopic (exact) mass is 260 g/mol. The van der Waals surface area contributed by atoms with Crippen LogP contribution in [0.15, 0.2) is 5.51 Å². The highest BCUT2D eigenvalue weighted by Gasteiger charge is 2.57. The van der Waals surface area contributed by atoms with Crippen molar-refractivity contribution in [2.75, 3.05) is 24.2 Å². The zero-order valence-electron chi connectivity index (χ0n) is 8.70. The van der Waals surface area contributed by atoms with Crippen molar-refractivity contribution >= 4 is 26.5 Å². The highest BCUT2D eigenvalue weighted by molar-refractivity contribution is 7.88. The van der Waals surface area contributed by atoms with E-state index < -0.39 is 10.0 Å². The van der Waals surface area contributed by atoms with Crippen LogP contribution < -0.4 is 9.62 Å². The van der Waals surface area contributed by atoms with Gasteiger partial charge in [0.25, 0.3) is 0 Å². The first-order chi connectivity index (χ1) is 7.54. The van der Waals surface area contributed by atoms with E-state index in [-0.39, 0.29) is 6.04 Å². The van der Waals surface area contributed by atoms with E-state index in [1.165, 1.54) is 17.6 Å². The van der Waals surface area contributed by atoms with Crippen LogP contribution in [0.4, 0.5) is 5.13 Å². The lowest BCUT2D eigenvalue weighted by molar-refractivity contribution is 0.577. The number of anilines is 1. The van der Waals surface area contributed by atoms with Crippen molar-refractivity contribution in [3.63, 3.8) is 0 Å². The second-order valence-corrected chi connectivity index (χ2v) is 6.96. The number of aromatic nitrogens is 2. The first kappa shape index (κ1) is 10.4. The number of piperidine rings is 1. The van der Waals surface area contributed by atoms with Crippen LogP contribution in [0, 0.1) is 11.8 Å². The molecule has 2 aliphatic rings. The van der Waals surface area contributed by atoms with Crippen molar-refractivity contribution in [1.82, 2.24) is 14.9 Å². The molecule has 3 rings (SSSR count). The molecule has 16 heavy (non-hydrogen) atoms. The van der Waals surface area contributed by atoms with E-state index in [4.69, 9.17) is 0 Å². The van der Waals surface area contributed by atoms with Crippen LogP contribution in [0.2, 0.25) is 0 Å². The fourth-order valence-electron chi connectivity index (χ4n) is 2.41. The number of fused-ring (bicyclic) bond motifs is 1. The van der Waals surface area contributed by atoms with Gasteiger partial charge in [-0.1, -0.05) is 11.3 Å². The summed E-state index contributed by atoms with van der Waals surface area (Å²) in [5.74, 6) is 0.886. The van der Waals surface area contributed by atoms with Gasteiger partial charge in [0.2, 0.25) is 15.2 Å². The maximum absolute atomic E-state index is 11.1. The number of nitrogens with zero attached hydrogens (tertiary/aromatic N) is 3. The summed E-state index contributed by atoms with van der Waals surface area (Å²) >= 11 is 1.52. The molecule has 2 fully saturated rings. The van der Waals surface area contributed by atoms with Gasteiger partial charge in [0, 0.05) is 19.1 Å². The fourth-order valence-corrected chi connectivity index (χ4v) is 3.83. The molecule has 3 atom stereocenters. The lowest BCUT2D eigenvalue weighted by Crippen LogP contribution is -2.34. The van der Waals surface area contributed by atoms with Crippen LogP contribution in [0.25, 0.3) is 0 Å². The fraction of sp³-hybridized carbons (Fsp3) is 0.750. The van der Waals surface area contributed by atoms with Gasteiger partial charge in [0.1, 0.15) is 5.51 Å². The lowest BCUT2D eigenvalue weighted by Gasteiger charge is -2.17. The maximum atomic E-state index is 11.1. The molecule has 1 aromatic rings. The van der Waals surface area contributed by atoms with Crippen LogP contribution in [0.3, 0.4) is 0 Å². The van der Waals surface area contributed by atoms with E-state index in [0.717, 1.165) is 18.2 Å². The molecule has 2 heterocycles. The van der Waals surface area contributed by atoms with Crippen LogP contribution in [-0.4, -0.2) is 44.0 Å². The minimum absolute atomic E-state index is 0.138. The Morgan fingerprint density at radius 3 is 2.69 bits per heavy atom. The van der Waals surface area contributed by atoms with Crippen molar-refractivity contribution in [2.24, 2.45) is 11.8 Å². The molecule has 1 saturated carbocycles. The predicted molar refractivity (Wildman–Crippen MR) is 60.9 cm³/mol. The normalized spacial score (nSPS) is 32.8. The summed E-state index contributed by atoms with van der Waals surface area (Å²) in [5, 5.41) is 8.74. The SMILES string of the molecule is CS(=O)(=O)NC1[C@H]2CN(c3nncs3)C[C@@H]12. The zero-order chi connectivity index (χ0) is 11.3. The summed E-state index contributed by atoms with van der Waals surface area (Å²) in [7, 11) is -3.07. The van der Waals surface area contributed by atoms with Crippen molar-refractivity contribution in [3.05, 3.63) is 5.51 Å². The Balaban J connectivity index is 1.61. The Bertz CT molecular complexity index is 474. The van der Waals surface area contributed by atoms with Crippen molar-refractivity contribution in [1.29, 1.82) is 0 Å². The van der Waals surface area contributed by atoms with Gasteiger partial charge in [-0.25, -0.2) is 13.1 Å². The molecule has 6 nitrogen and oxygen atoms in total. The molecule has 1 aliphatic carbocycles. The van der Waals surface area contributed by atoms with Gasteiger partial charge >= 0.3 is 0 Å². The average molecular weight is 260 g/mol. The highest BCUT2D eigenvalue weighted by atomic mass is 32.2. The van der Waals surface area contributed by atoms with Gasteiger partial charge in [0.05, 0.1) is 6.26 Å². The number of sulfonamides is 1. The molecular formula is C8H12N4O2S2. The van der Waals surface area contributed by atoms with Crippen LogP contribution in [0.1, 0.15) is 0 Å². The molecule has 1 saturated heterocycles. The van der Waals surface area contributed by atoms with Crippen LogP contribution in [-0.2, 0) is 10.0 Å². The van der Waals surface area contributed by atoms with Gasteiger partial charge in [-0.2, -0.15) is 0 Å². The third kappa shape index (κ3) is 1.80. The molecule has 0 bridgehead atoms. The predicted octanol–water partition coefficient (Wildman–Crippen LogP) is -0.478. The van der Waals surface area contributed by atoms with Crippen molar-refractivity contribution in [3.8, 4) is 0 Å². The van der Waals surface area contributed by atoms with Gasteiger partial charge in [0.15, 0.2) is 0 Å². The summed E-state index contributed by atoms with van der Waals surface area (Å²) < 4.78 is 24.8. The summed E-state index contributed by atoms with van der Waals surface area (Å²) in [6.45, 7) is 1.76. The molecule has 0 aromatic carbocycles. The number of hydrogen-bond donors (Lipinski definition) is 1. The number of hydrogen-bond acceptors (Lipinski definition) is 6. The Labute approximate surface area is 97.7 Å². The minimum atomic E-state index is -3.07. The first-order valence-electron chi connectivity index (χ1n) is 5.03. The number of nitrogens with one attached hydrogen (secondary N) is 1. The third-order valence-electron chi connectivity index (χ3n) is 3.16. The Morgan fingerprint density at radius 2 is 2.19 bits per heavy atom. The van der Waals surface area contributed by atoms with Gasteiger partial charge < -0.3 is 4.90 Å². The Kier molecular flexibility index (Phi) is 2.20. The summed E-state index contributed by atoms with van der Waals surface area (Å²) in [6.07, 6.45) is 1.21. The average Bonchev–Trinajstić information content (AvgIpc) is 2.68. The molecular weight excluding hydrogens is 248 g/mol. The summed E-state index contributed by atoms with van der Waals surface area (Å²) in [6, 6.07) is 0.138. The quantitative estimate of drug-likeness (QED) is 0.794. The lowest BCUT2D eigenvalue weighted by atomic mass is 10.4. The molecule has 0 radical (unpaired) electrons. The molecule has 0 spiro atoms. The van der Waals surface area contributed by atoms with E-state index in [0.29, 0.717) is 11.8 Å².